The number of amides is 1. The van der Waals surface area contributed by atoms with Crippen LogP contribution in [0.3, 0.4) is 0 Å². The van der Waals surface area contributed by atoms with E-state index in [9.17, 15) is 4.79 Å². The van der Waals surface area contributed by atoms with Crippen molar-refractivity contribution < 1.29 is 4.79 Å². The Balaban J connectivity index is 2.11. The molecule has 0 saturated carbocycles. The maximum Gasteiger partial charge on any atom is 0.284 e. The molecule has 4 nitrogen and oxygen atoms in total. The lowest BCUT2D eigenvalue weighted by atomic mass is 10.2. The van der Waals surface area contributed by atoms with E-state index in [0.29, 0.717) is 17.1 Å². The molecule has 3 N–H and O–H groups in total. The molecule has 0 saturated heterocycles. The Labute approximate surface area is 107 Å². The van der Waals surface area contributed by atoms with E-state index in [0.717, 1.165) is 10.6 Å². The highest BCUT2D eigenvalue weighted by atomic mass is 35.5. The highest BCUT2D eigenvalue weighted by molar-refractivity contribution is 7.09. The minimum absolute atomic E-state index is 0.349. The molecule has 0 aliphatic heterocycles. The van der Waals surface area contributed by atoms with Crippen LogP contribution in [0.1, 0.15) is 21.1 Å². The molecule has 0 bridgehead atoms. The molecule has 0 fully saturated rings. The molecule has 0 aliphatic rings. The van der Waals surface area contributed by atoms with Gasteiger partial charge in [0.05, 0.1) is 5.01 Å². The third kappa shape index (κ3) is 3.03. The molecule has 88 valence electrons. The van der Waals surface area contributed by atoms with Crippen LogP contribution in [0.4, 0.5) is 0 Å². The highest BCUT2D eigenvalue weighted by Crippen LogP contribution is 2.16. The summed E-state index contributed by atoms with van der Waals surface area (Å²) in [6.07, 6.45) is 0.680. The third-order valence-corrected chi connectivity index (χ3v) is 3.28. The molecular formula is C11H10ClN3OS. The van der Waals surface area contributed by atoms with E-state index in [1.54, 1.807) is 5.38 Å². The number of carbonyl (C=O) groups excluding carboxylic acids is 1. The van der Waals surface area contributed by atoms with E-state index in [1.165, 1.54) is 11.3 Å². The van der Waals surface area contributed by atoms with Gasteiger partial charge >= 0.3 is 0 Å². The van der Waals surface area contributed by atoms with Gasteiger partial charge in [0.25, 0.3) is 5.91 Å². The lowest BCUT2D eigenvalue weighted by Crippen LogP contribution is -2.30. The summed E-state index contributed by atoms with van der Waals surface area (Å²) in [4.78, 5) is 15.4. The predicted molar refractivity (Wildman–Crippen MR) is 68.0 cm³/mol. The number of carbonyl (C=O) groups is 1. The van der Waals surface area contributed by atoms with Crippen LogP contribution in [-0.4, -0.2) is 10.9 Å². The summed E-state index contributed by atoms with van der Waals surface area (Å²) in [7, 11) is 0. The molecule has 0 spiro atoms. The van der Waals surface area contributed by atoms with E-state index in [1.807, 2.05) is 24.3 Å². The van der Waals surface area contributed by atoms with Crippen LogP contribution < -0.4 is 11.3 Å². The van der Waals surface area contributed by atoms with Crippen LogP contribution in [0.15, 0.2) is 29.6 Å². The van der Waals surface area contributed by atoms with Gasteiger partial charge < -0.3 is 0 Å². The Morgan fingerprint density at radius 2 is 2.12 bits per heavy atom. The van der Waals surface area contributed by atoms with Gasteiger partial charge in [-0.2, -0.15) is 0 Å². The number of halogens is 1. The lowest BCUT2D eigenvalue weighted by molar-refractivity contribution is 0.0949. The molecule has 1 amide bonds. The van der Waals surface area contributed by atoms with Gasteiger partial charge in [-0.15, -0.1) is 11.3 Å². The number of benzene rings is 1. The van der Waals surface area contributed by atoms with Gasteiger partial charge in [0.2, 0.25) is 0 Å². The van der Waals surface area contributed by atoms with Gasteiger partial charge in [-0.25, -0.2) is 10.8 Å². The Morgan fingerprint density at radius 3 is 2.76 bits per heavy atom. The fourth-order valence-electron chi connectivity index (χ4n) is 1.35. The molecule has 0 aliphatic carbocycles. The standard InChI is InChI=1S/C11H10ClN3OS/c12-8-3-1-7(2-4-8)5-10-14-9(6-17-10)11(16)15-13/h1-4,6H,5,13H2,(H,15,16). The first kappa shape index (κ1) is 12.0. The second kappa shape index (κ2) is 5.27. The Kier molecular flexibility index (Phi) is 3.73. The first-order valence-electron chi connectivity index (χ1n) is 4.89. The summed E-state index contributed by atoms with van der Waals surface area (Å²) >= 11 is 7.23. The number of hydrogen-bond donors (Lipinski definition) is 2. The zero-order valence-electron chi connectivity index (χ0n) is 8.81. The monoisotopic (exact) mass is 267 g/mol. The van der Waals surface area contributed by atoms with E-state index >= 15 is 0 Å². The number of nitrogen functional groups attached to an aromatic ring is 1. The van der Waals surface area contributed by atoms with Crippen molar-refractivity contribution in [3.05, 3.63) is 50.9 Å². The van der Waals surface area contributed by atoms with Crippen LogP contribution in [-0.2, 0) is 6.42 Å². The largest absolute Gasteiger partial charge is 0.289 e. The number of nitrogens with zero attached hydrogens (tertiary/aromatic N) is 1. The highest BCUT2D eigenvalue weighted by Gasteiger charge is 2.09. The molecule has 1 aromatic heterocycles. The first-order chi connectivity index (χ1) is 8.19. The normalized spacial score (nSPS) is 10.2. The number of hydrogen-bond acceptors (Lipinski definition) is 4. The van der Waals surface area contributed by atoms with E-state index < -0.39 is 0 Å². The fraction of sp³-hybridized carbons (Fsp3) is 0.0909. The van der Waals surface area contributed by atoms with Crippen molar-refractivity contribution in [3.8, 4) is 0 Å². The molecule has 2 aromatic rings. The SMILES string of the molecule is NNC(=O)c1csc(Cc2ccc(Cl)cc2)n1. The zero-order valence-corrected chi connectivity index (χ0v) is 10.4. The van der Waals surface area contributed by atoms with Crippen molar-refractivity contribution >= 4 is 28.8 Å². The summed E-state index contributed by atoms with van der Waals surface area (Å²) in [5.41, 5.74) is 3.50. The van der Waals surface area contributed by atoms with Gasteiger partial charge in [0, 0.05) is 16.8 Å². The van der Waals surface area contributed by atoms with Crippen LogP contribution in [0.5, 0.6) is 0 Å². The van der Waals surface area contributed by atoms with Crippen molar-refractivity contribution in [1.29, 1.82) is 0 Å². The van der Waals surface area contributed by atoms with Gasteiger partial charge in [0.1, 0.15) is 5.69 Å². The number of thiazole rings is 1. The molecule has 6 heteroatoms. The van der Waals surface area contributed by atoms with Gasteiger partial charge in [0.15, 0.2) is 0 Å². The topological polar surface area (TPSA) is 68.0 Å². The zero-order chi connectivity index (χ0) is 12.3. The second-order valence-corrected chi connectivity index (χ2v) is 4.78. The number of hydrazine groups is 1. The van der Waals surface area contributed by atoms with E-state index in [4.69, 9.17) is 17.4 Å². The average Bonchev–Trinajstić information content (AvgIpc) is 2.80. The molecule has 0 radical (unpaired) electrons. The van der Waals surface area contributed by atoms with Gasteiger partial charge in [-0.3, -0.25) is 10.2 Å². The molecule has 0 unspecified atom stereocenters. The fourth-order valence-corrected chi connectivity index (χ4v) is 2.28. The van der Waals surface area contributed by atoms with Gasteiger partial charge in [-0.05, 0) is 17.7 Å². The molecule has 17 heavy (non-hydrogen) atoms. The van der Waals surface area contributed by atoms with Crippen molar-refractivity contribution in [1.82, 2.24) is 10.4 Å². The summed E-state index contributed by atoms with van der Waals surface area (Å²) in [5.74, 6) is 4.66. The van der Waals surface area contributed by atoms with Crippen molar-refractivity contribution in [2.45, 2.75) is 6.42 Å². The van der Waals surface area contributed by atoms with Crippen LogP contribution in [0.25, 0.3) is 0 Å². The summed E-state index contributed by atoms with van der Waals surface area (Å²) in [6, 6.07) is 7.54. The summed E-state index contributed by atoms with van der Waals surface area (Å²) in [5, 5.41) is 3.26. The first-order valence-corrected chi connectivity index (χ1v) is 6.14. The number of nitrogens with two attached hydrogens (primary N) is 1. The molecule has 1 aromatic carbocycles. The maximum absolute atomic E-state index is 11.2. The van der Waals surface area contributed by atoms with Crippen molar-refractivity contribution in [3.63, 3.8) is 0 Å². The summed E-state index contributed by atoms with van der Waals surface area (Å²) in [6.45, 7) is 0. The van der Waals surface area contributed by atoms with Crippen molar-refractivity contribution in [2.75, 3.05) is 0 Å². The van der Waals surface area contributed by atoms with E-state index in [2.05, 4.69) is 10.4 Å². The van der Waals surface area contributed by atoms with Crippen LogP contribution in [0.2, 0.25) is 5.02 Å². The average molecular weight is 268 g/mol. The third-order valence-electron chi connectivity index (χ3n) is 2.18. The molecule has 2 rings (SSSR count). The van der Waals surface area contributed by atoms with E-state index in [-0.39, 0.29) is 5.91 Å². The van der Waals surface area contributed by atoms with Gasteiger partial charge in [-0.1, -0.05) is 23.7 Å². The molecule has 0 atom stereocenters. The quantitative estimate of drug-likeness (QED) is 0.508. The Hall–Kier alpha value is -1.43. The maximum atomic E-state index is 11.2. The van der Waals surface area contributed by atoms with Crippen LogP contribution >= 0.6 is 22.9 Å². The molecular weight excluding hydrogens is 258 g/mol. The number of nitrogens with one attached hydrogen (secondary N) is 1. The minimum atomic E-state index is -0.372. The lowest BCUT2D eigenvalue weighted by Gasteiger charge is -1.97. The Morgan fingerprint density at radius 1 is 1.41 bits per heavy atom. The smallest absolute Gasteiger partial charge is 0.284 e. The predicted octanol–water partition coefficient (Wildman–Crippen LogP) is 1.99. The Bertz CT molecular complexity index is 524. The second-order valence-electron chi connectivity index (χ2n) is 3.40. The molecule has 1 heterocycles. The van der Waals surface area contributed by atoms with Crippen molar-refractivity contribution in [2.24, 2.45) is 5.84 Å². The summed E-state index contributed by atoms with van der Waals surface area (Å²) < 4.78 is 0. The number of aromatic nitrogens is 1. The number of rotatable bonds is 3. The van der Waals surface area contributed by atoms with Crippen LogP contribution in [0, 0.1) is 0 Å². The minimum Gasteiger partial charge on any atom is -0.289 e.